The van der Waals surface area contributed by atoms with Gasteiger partial charge in [0.25, 0.3) is 0 Å². The first-order chi connectivity index (χ1) is 9.56. The zero-order valence-corrected chi connectivity index (χ0v) is 13.1. The van der Waals surface area contributed by atoms with Crippen molar-refractivity contribution < 1.29 is 4.79 Å². The van der Waals surface area contributed by atoms with E-state index in [4.69, 9.17) is 5.73 Å². The third kappa shape index (κ3) is 4.43. The van der Waals surface area contributed by atoms with Crippen molar-refractivity contribution in [2.24, 2.45) is 5.73 Å². The number of likely N-dealkylation sites (tertiary alicyclic amines) is 2. The average Bonchev–Trinajstić information content (AvgIpc) is 2.88. The third-order valence-corrected chi connectivity index (χ3v) is 4.70. The molecule has 5 heteroatoms. The Bertz CT molecular complexity index is 313. The highest BCUT2D eigenvalue weighted by Gasteiger charge is 2.29. The molecule has 0 saturated carbocycles. The topological polar surface area (TPSA) is 52.8 Å². The van der Waals surface area contributed by atoms with Crippen LogP contribution in [0.4, 0.5) is 0 Å². The zero-order valence-electron chi connectivity index (χ0n) is 13.1. The second-order valence-corrected chi connectivity index (χ2v) is 6.51. The number of hydrogen-bond donors (Lipinski definition) is 1. The monoisotopic (exact) mass is 282 g/mol. The Balaban J connectivity index is 1.64. The first kappa shape index (κ1) is 15.7. The lowest BCUT2D eigenvalue weighted by Crippen LogP contribution is -2.46. The SMILES string of the molecule is CN(C)C(=O)CCCN1CCC(N2CCC(N)CC2)C1. The minimum Gasteiger partial charge on any atom is -0.349 e. The normalized spacial score (nSPS) is 26.1. The summed E-state index contributed by atoms with van der Waals surface area (Å²) in [6.45, 7) is 5.75. The van der Waals surface area contributed by atoms with Crippen LogP contribution in [0, 0.1) is 0 Å². The maximum Gasteiger partial charge on any atom is 0.222 e. The Kier molecular flexibility index (Phi) is 5.81. The molecular formula is C15H30N4O. The predicted octanol–water partition coefficient (Wildman–Crippen LogP) is 0.352. The van der Waals surface area contributed by atoms with E-state index >= 15 is 0 Å². The summed E-state index contributed by atoms with van der Waals surface area (Å²) in [5, 5.41) is 0. The summed E-state index contributed by atoms with van der Waals surface area (Å²) in [4.78, 5) is 18.4. The standard InChI is InChI=1S/C15H30N4O/c1-17(2)15(20)4-3-8-18-9-7-14(12-18)19-10-5-13(16)6-11-19/h13-14H,3-12,16H2,1-2H3. The quantitative estimate of drug-likeness (QED) is 0.791. The average molecular weight is 282 g/mol. The highest BCUT2D eigenvalue weighted by molar-refractivity contribution is 5.75. The van der Waals surface area contributed by atoms with Gasteiger partial charge >= 0.3 is 0 Å². The molecule has 0 bridgehead atoms. The Hall–Kier alpha value is -0.650. The van der Waals surface area contributed by atoms with E-state index in [1.807, 2.05) is 14.1 Å². The van der Waals surface area contributed by atoms with Crippen LogP contribution in [0.3, 0.4) is 0 Å². The van der Waals surface area contributed by atoms with Crippen molar-refractivity contribution in [1.29, 1.82) is 0 Å². The second-order valence-electron chi connectivity index (χ2n) is 6.51. The summed E-state index contributed by atoms with van der Waals surface area (Å²) in [5.74, 6) is 0.241. The zero-order chi connectivity index (χ0) is 14.5. The molecule has 2 heterocycles. The van der Waals surface area contributed by atoms with Crippen LogP contribution in [0.25, 0.3) is 0 Å². The minimum atomic E-state index is 0.241. The van der Waals surface area contributed by atoms with Crippen LogP contribution in [0.2, 0.25) is 0 Å². The molecule has 116 valence electrons. The van der Waals surface area contributed by atoms with Crippen LogP contribution >= 0.6 is 0 Å². The summed E-state index contributed by atoms with van der Waals surface area (Å²) in [7, 11) is 3.66. The number of nitrogens with two attached hydrogens (primary N) is 1. The molecular weight excluding hydrogens is 252 g/mol. The van der Waals surface area contributed by atoms with Gasteiger partial charge in [-0.05, 0) is 51.9 Å². The van der Waals surface area contributed by atoms with Crippen LogP contribution in [0.1, 0.15) is 32.1 Å². The number of hydrogen-bond acceptors (Lipinski definition) is 4. The van der Waals surface area contributed by atoms with Gasteiger partial charge in [-0.25, -0.2) is 0 Å². The van der Waals surface area contributed by atoms with Crippen LogP contribution in [-0.4, -0.2) is 79.5 Å². The molecule has 5 nitrogen and oxygen atoms in total. The lowest BCUT2D eigenvalue weighted by molar-refractivity contribution is -0.128. The van der Waals surface area contributed by atoms with Gasteiger partial charge in [-0.1, -0.05) is 0 Å². The molecule has 1 amide bonds. The Labute approximate surface area is 123 Å². The van der Waals surface area contributed by atoms with Crippen LogP contribution in [0.5, 0.6) is 0 Å². The molecule has 2 aliphatic rings. The van der Waals surface area contributed by atoms with E-state index in [9.17, 15) is 4.79 Å². The van der Waals surface area contributed by atoms with Crippen molar-refractivity contribution in [3.8, 4) is 0 Å². The molecule has 0 aromatic carbocycles. The summed E-state index contributed by atoms with van der Waals surface area (Å²) < 4.78 is 0. The van der Waals surface area contributed by atoms with Gasteiger partial charge in [-0.3, -0.25) is 9.69 Å². The van der Waals surface area contributed by atoms with Gasteiger partial charge in [-0.15, -0.1) is 0 Å². The lowest BCUT2D eigenvalue weighted by Gasteiger charge is -2.34. The largest absolute Gasteiger partial charge is 0.349 e. The summed E-state index contributed by atoms with van der Waals surface area (Å²) in [6, 6.07) is 1.13. The predicted molar refractivity (Wildman–Crippen MR) is 81.6 cm³/mol. The van der Waals surface area contributed by atoms with Crippen LogP contribution in [-0.2, 0) is 4.79 Å². The molecule has 1 atom stereocenters. The molecule has 2 N–H and O–H groups in total. The fourth-order valence-corrected chi connectivity index (χ4v) is 3.28. The fraction of sp³-hybridized carbons (Fsp3) is 0.933. The number of carbonyl (C=O) groups excluding carboxylic acids is 1. The number of amides is 1. The minimum absolute atomic E-state index is 0.241. The summed E-state index contributed by atoms with van der Waals surface area (Å²) in [5.41, 5.74) is 5.97. The van der Waals surface area contributed by atoms with Crippen molar-refractivity contribution >= 4 is 5.91 Å². The lowest BCUT2D eigenvalue weighted by atomic mass is 10.0. The van der Waals surface area contributed by atoms with Crippen molar-refractivity contribution in [2.75, 3.05) is 46.8 Å². The van der Waals surface area contributed by atoms with Gasteiger partial charge in [0.15, 0.2) is 0 Å². The van der Waals surface area contributed by atoms with Crippen molar-refractivity contribution in [2.45, 2.75) is 44.2 Å². The van der Waals surface area contributed by atoms with E-state index in [0.717, 1.165) is 25.8 Å². The van der Waals surface area contributed by atoms with E-state index in [2.05, 4.69) is 9.80 Å². The first-order valence-corrected chi connectivity index (χ1v) is 7.98. The van der Waals surface area contributed by atoms with Crippen LogP contribution < -0.4 is 5.73 Å². The first-order valence-electron chi connectivity index (χ1n) is 7.98. The molecule has 2 aliphatic heterocycles. The van der Waals surface area contributed by atoms with Crippen molar-refractivity contribution in [3.63, 3.8) is 0 Å². The van der Waals surface area contributed by atoms with E-state index in [0.29, 0.717) is 18.5 Å². The molecule has 0 aliphatic carbocycles. The number of carbonyl (C=O) groups is 1. The second kappa shape index (κ2) is 7.38. The number of piperidine rings is 1. The van der Waals surface area contributed by atoms with Gasteiger partial charge in [-0.2, -0.15) is 0 Å². The molecule has 2 rings (SSSR count). The summed E-state index contributed by atoms with van der Waals surface area (Å²) >= 11 is 0. The highest BCUT2D eigenvalue weighted by Crippen LogP contribution is 2.20. The molecule has 0 spiro atoms. The van der Waals surface area contributed by atoms with E-state index in [1.165, 1.54) is 32.6 Å². The molecule has 0 aromatic heterocycles. The van der Waals surface area contributed by atoms with E-state index in [-0.39, 0.29) is 5.91 Å². The van der Waals surface area contributed by atoms with Gasteiger partial charge in [0, 0.05) is 39.1 Å². The number of nitrogens with zero attached hydrogens (tertiary/aromatic N) is 3. The number of rotatable bonds is 5. The Morgan fingerprint density at radius 1 is 1.20 bits per heavy atom. The van der Waals surface area contributed by atoms with Gasteiger partial charge < -0.3 is 15.5 Å². The van der Waals surface area contributed by atoms with Gasteiger partial charge in [0.1, 0.15) is 0 Å². The fourth-order valence-electron chi connectivity index (χ4n) is 3.28. The smallest absolute Gasteiger partial charge is 0.222 e. The maximum absolute atomic E-state index is 11.5. The third-order valence-electron chi connectivity index (χ3n) is 4.70. The van der Waals surface area contributed by atoms with E-state index in [1.54, 1.807) is 4.90 Å². The van der Waals surface area contributed by atoms with Crippen molar-refractivity contribution in [1.82, 2.24) is 14.7 Å². The molecule has 0 radical (unpaired) electrons. The molecule has 2 fully saturated rings. The Morgan fingerprint density at radius 3 is 2.55 bits per heavy atom. The maximum atomic E-state index is 11.5. The van der Waals surface area contributed by atoms with Crippen LogP contribution in [0.15, 0.2) is 0 Å². The molecule has 0 aromatic rings. The molecule has 1 unspecified atom stereocenters. The molecule has 2 saturated heterocycles. The Morgan fingerprint density at radius 2 is 1.90 bits per heavy atom. The van der Waals surface area contributed by atoms with Crippen molar-refractivity contribution in [3.05, 3.63) is 0 Å². The van der Waals surface area contributed by atoms with Gasteiger partial charge in [0.05, 0.1) is 0 Å². The van der Waals surface area contributed by atoms with Gasteiger partial charge in [0.2, 0.25) is 5.91 Å². The summed E-state index contributed by atoms with van der Waals surface area (Å²) in [6.07, 6.45) is 5.22. The van der Waals surface area contributed by atoms with E-state index < -0.39 is 0 Å². The molecule has 20 heavy (non-hydrogen) atoms. The highest BCUT2D eigenvalue weighted by atomic mass is 16.2.